The summed E-state index contributed by atoms with van der Waals surface area (Å²) in [6.45, 7) is 2.87. The minimum absolute atomic E-state index is 0.513. The Morgan fingerprint density at radius 3 is 3.06 bits per heavy atom. The summed E-state index contributed by atoms with van der Waals surface area (Å²) >= 11 is 3.44. The number of pyridine rings is 1. The summed E-state index contributed by atoms with van der Waals surface area (Å²) in [7, 11) is 0. The molecule has 1 atom stereocenters. The first-order valence-electron chi connectivity index (χ1n) is 5.33. The van der Waals surface area contributed by atoms with Gasteiger partial charge in [0.1, 0.15) is 5.75 Å². The third-order valence-corrected chi connectivity index (χ3v) is 3.48. The first-order chi connectivity index (χ1) is 7.79. The van der Waals surface area contributed by atoms with Gasteiger partial charge in [-0.3, -0.25) is 4.98 Å². The smallest absolute Gasteiger partial charge is 0.121 e. The average Bonchev–Trinajstić information content (AvgIpc) is 2.35. The highest BCUT2D eigenvalue weighted by molar-refractivity contribution is 9.09. The van der Waals surface area contributed by atoms with Crippen LogP contribution in [0.1, 0.15) is 6.92 Å². The summed E-state index contributed by atoms with van der Waals surface area (Å²) in [5, 5.41) is 2.10. The Balaban J connectivity index is 2.13. The van der Waals surface area contributed by atoms with Crippen LogP contribution in [0, 0.1) is 5.92 Å². The molecule has 0 spiro atoms. The molecule has 0 fully saturated rings. The van der Waals surface area contributed by atoms with E-state index in [9.17, 15) is 0 Å². The van der Waals surface area contributed by atoms with Crippen molar-refractivity contribution in [3.8, 4) is 5.75 Å². The molecule has 0 amide bonds. The van der Waals surface area contributed by atoms with Gasteiger partial charge >= 0.3 is 0 Å². The van der Waals surface area contributed by atoms with Crippen molar-refractivity contribution in [3.63, 3.8) is 0 Å². The SMILES string of the molecule is CC(CBr)COc1ccc2cccnc2c1. The van der Waals surface area contributed by atoms with Crippen LogP contribution < -0.4 is 4.74 Å². The zero-order chi connectivity index (χ0) is 11.4. The van der Waals surface area contributed by atoms with E-state index in [0.29, 0.717) is 5.92 Å². The van der Waals surface area contributed by atoms with Gasteiger partial charge in [0.25, 0.3) is 0 Å². The largest absolute Gasteiger partial charge is 0.493 e. The Labute approximate surface area is 104 Å². The van der Waals surface area contributed by atoms with Gasteiger partial charge in [0.2, 0.25) is 0 Å². The Bertz CT molecular complexity index is 472. The van der Waals surface area contributed by atoms with Crippen LogP contribution in [-0.4, -0.2) is 16.9 Å². The molecule has 1 unspecified atom stereocenters. The molecule has 0 aliphatic rings. The molecule has 0 aliphatic carbocycles. The lowest BCUT2D eigenvalue weighted by molar-refractivity contribution is 0.274. The number of ether oxygens (including phenoxy) is 1. The first-order valence-corrected chi connectivity index (χ1v) is 6.45. The number of rotatable bonds is 4. The van der Waals surface area contributed by atoms with Crippen molar-refractivity contribution >= 4 is 26.8 Å². The standard InChI is InChI=1S/C13H14BrNO/c1-10(8-14)9-16-12-5-4-11-3-2-6-15-13(11)7-12/h2-7,10H,8-9H2,1H3. The molecule has 1 aromatic carbocycles. The highest BCUT2D eigenvalue weighted by Gasteiger charge is 2.02. The molecular formula is C13H14BrNO. The maximum atomic E-state index is 5.70. The van der Waals surface area contributed by atoms with Gasteiger partial charge in [-0.2, -0.15) is 0 Å². The van der Waals surface area contributed by atoms with Crippen molar-refractivity contribution in [3.05, 3.63) is 36.5 Å². The van der Waals surface area contributed by atoms with Gasteiger partial charge in [-0.25, -0.2) is 0 Å². The van der Waals surface area contributed by atoms with Crippen LogP contribution in [0.5, 0.6) is 5.75 Å². The van der Waals surface area contributed by atoms with Crippen LogP contribution >= 0.6 is 15.9 Å². The fourth-order valence-electron chi connectivity index (χ4n) is 1.42. The van der Waals surface area contributed by atoms with E-state index in [1.807, 2.05) is 30.3 Å². The monoisotopic (exact) mass is 279 g/mol. The van der Waals surface area contributed by atoms with Gasteiger partial charge in [-0.15, -0.1) is 0 Å². The van der Waals surface area contributed by atoms with Gasteiger partial charge in [0, 0.05) is 23.0 Å². The zero-order valence-corrected chi connectivity index (χ0v) is 10.8. The van der Waals surface area contributed by atoms with E-state index in [-0.39, 0.29) is 0 Å². The second-order valence-electron chi connectivity index (χ2n) is 3.93. The highest BCUT2D eigenvalue weighted by atomic mass is 79.9. The fraction of sp³-hybridized carbons (Fsp3) is 0.308. The maximum absolute atomic E-state index is 5.70. The molecule has 2 rings (SSSR count). The van der Waals surface area contributed by atoms with Crippen molar-refractivity contribution in [1.29, 1.82) is 0 Å². The molecule has 0 aliphatic heterocycles. The van der Waals surface area contributed by atoms with Gasteiger partial charge in [0.15, 0.2) is 0 Å². The Kier molecular flexibility index (Phi) is 3.78. The maximum Gasteiger partial charge on any atom is 0.121 e. The predicted molar refractivity (Wildman–Crippen MR) is 70.2 cm³/mol. The van der Waals surface area contributed by atoms with E-state index < -0.39 is 0 Å². The van der Waals surface area contributed by atoms with Crippen LogP contribution in [-0.2, 0) is 0 Å². The first kappa shape index (κ1) is 11.4. The van der Waals surface area contributed by atoms with E-state index in [4.69, 9.17) is 4.74 Å². The number of hydrogen-bond donors (Lipinski definition) is 0. The molecule has 3 heteroatoms. The van der Waals surface area contributed by atoms with Gasteiger partial charge in [-0.05, 0) is 24.1 Å². The number of fused-ring (bicyclic) bond motifs is 1. The van der Waals surface area contributed by atoms with Crippen molar-refractivity contribution in [2.75, 3.05) is 11.9 Å². The van der Waals surface area contributed by atoms with E-state index in [1.165, 1.54) is 0 Å². The number of alkyl halides is 1. The number of benzene rings is 1. The molecule has 0 saturated heterocycles. The normalized spacial score (nSPS) is 12.6. The third kappa shape index (κ3) is 2.73. The fourth-order valence-corrected chi connectivity index (χ4v) is 1.61. The topological polar surface area (TPSA) is 22.1 Å². The number of halogens is 1. The number of aromatic nitrogens is 1. The molecule has 0 saturated carbocycles. The lowest BCUT2D eigenvalue weighted by Gasteiger charge is -2.10. The predicted octanol–water partition coefficient (Wildman–Crippen LogP) is 3.64. The molecule has 0 bridgehead atoms. The molecule has 0 N–H and O–H groups in total. The van der Waals surface area contributed by atoms with Crippen molar-refractivity contribution in [2.24, 2.45) is 5.92 Å². The minimum Gasteiger partial charge on any atom is -0.493 e. The molecule has 1 heterocycles. The Morgan fingerprint density at radius 1 is 1.38 bits per heavy atom. The van der Waals surface area contributed by atoms with Crippen LogP contribution in [0.3, 0.4) is 0 Å². The quantitative estimate of drug-likeness (QED) is 0.798. The molecule has 2 aromatic rings. The Morgan fingerprint density at radius 2 is 2.25 bits per heavy atom. The summed E-state index contributed by atoms with van der Waals surface area (Å²) in [6.07, 6.45) is 1.80. The zero-order valence-electron chi connectivity index (χ0n) is 9.19. The van der Waals surface area contributed by atoms with Crippen LogP contribution in [0.15, 0.2) is 36.5 Å². The second kappa shape index (κ2) is 5.30. The summed E-state index contributed by atoms with van der Waals surface area (Å²) in [5.74, 6) is 1.40. The summed E-state index contributed by atoms with van der Waals surface area (Å²) in [5.41, 5.74) is 0.978. The van der Waals surface area contributed by atoms with Crippen LogP contribution in [0.4, 0.5) is 0 Å². The van der Waals surface area contributed by atoms with Gasteiger partial charge in [0.05, 0.1) is 12.1 Å². The van der Waals surface area contributed by atoms with Gasteiger partial charge < -0.3 is 4.74 Å². The second-order valence-corrected chi connectivity index (χ2v) is 4.58. The highest BCUT2D eigenvalue weighted by Crippen LogP contribution is 2.19. The third-order valence-electron chi connectivity index (χ3n) is 2.38. The Hall–Kier alpha value is -1.09. The molecule has 84 valence electrons. The summed E-state index contributed by atoms with van der Waals surface area (Å²) in [4.78, 5) is 4.30. The molecular weight excluding hydrogens is 266 g/mol. The number of hydrogen-bond acceptors (Lipinski definition) is 2. The average molecular weight is 280 g/mol. The van der Waals surface area contributed by atoms with Crippen molar-refractivity contribution < 1.29 is 4.74 Å². The molecule has 2 nitrogen and oxygen atoms in total. The molecule has 0 radical (unpaired) electrons. The van der Waals surface area contributed by atoms with Crippen LogP contribution in [0.25, 0.3) is 10.9 Å². The van der Waals surface area contributed by atoms with Gasteiger partial charge in [-0.1, -0.05) is 28.9 Å². The molecule has 1 aromatic heterocycles. The van der Waals surface area contributed by atoms with Crippen molar-refractivity contribution in [2.45, 2.75) is 6.92 Å². The molecule has 16 heavy (non-hydrogen) atoms. The van der Waals surface area contributed by atoms with E-state index >= 15 is 0 Å². The number of nitrogens with zero attached hydrogens (tertiary/aromatic N) is 1. The minimum atomic E-state index is 0.513. The van der Waals surface area contributed by atoms with E-state index in [1.54, 1.807) is 6.20 Å². The summed E-state index contributed by atoms with van der Waals surface area (Å²) in [6, 6.07) is 10.0. The lowest BCUT2D eigenvalue weighted by atomic mass is 10.2. The van der Waals surface area contributed by atoms with E-state index in [0.717, 1.165) is 28.6 Å². The summed E-state index contributed by atoms with van der Waals surface area (Å²) < 4.78 is 5.70. The van der Waals surface area contributed by atoms with E-state index in [2.05, 4.69) is 27.8 Å². The van der Waals surface area contributed by atoms with Crippen molar-refractivity contribution in [1.82, 2.24) is 4.98 Å². The lowest BCUT2D eigenvalue weighted by Crippen LogP contribution is -2.09. The van der Waals surface area contributed by atoms with Crippen LogP contribution in [0.2, 0.25) is 0 Å².